The molecular formula is C16H24N2O. The smallest absolute Gasteiger partial charge is 0.224 e. The highest BCUT2D eigenvalue weighted by molar-refractivity contribution is 5.77. The Labute approximate surface area is 115 Å². The number of nitrogens with zero attached hydrogens (tertiary/aromatic N) is 1. The van der Waals surface area contributed by atoms with Gasteiger partial charge in [-0.3, -0.25) is 4.79 Å². The van der Waals surface area contributed by atoms with E-state index in [1.54, 1.807) is 0 Å². The zero-order valence-corrected chi connectivity index (χ0v) is 12.0. The third kappa shape index (κ3) is 3.57. The summed E-state index contributed by atoms with van der Waals surface area (Å²) >= 11 is 0. The van der Waals surface area contributed by atoms with Crippen molar-refractivity contribution in [1.82, 2.24) is 4.90 Å². The van der Waals surface area contributed by atoms with Gasteiger partial charge in [0.1, 0.15) is 0 Å². The molecule has 2 rings (SSSR count). The molecule has 1 saturated carbocycles. The lowest BCUT2D eigenvalue weighted by Gasteiger charge is -2.38. The van der Waals surface area contributed by atoms with Crippen LogP contribution in [-0.2, 0) is 11.3 Å². The van der Waals surface area contributed by atoms with Crippen LogP contribution >= 0.6 is 0 Å². The van der Waals surface area contributed by atoms with E-state index in [1.807, 2.05) is 17.9 Å². The first-order chi connectivity index (χ1) is 9.02. The topological polar surface area (TPSA) is 46.3 Å². The van der Waals surface area contributed by atoms with Crippen molar-refractivity contribution >= 4 is 5.91 Å². The Morgan fingerprint density at radius 1 is 1.42 bits per heavy atom. The first-order valence-corrected chi connectivity index (χ1v) is 7.15. The lowest BCUT2D eigenvalue weighted by Crippen LogP contribution is -2.50. The predicted molar refractivity (Wildman–Crippen MR) is 77.7 cm³/mol. The fourth-order valence-electron chi connectivity index (χ4n) is 2.63. The minimum atomic E-state index is -0.225. The molecular weight excluding hydrogens is 236 g/mol. The predicted octanol–water partition coefficient (Wildman–Crippen LogP) is 2.62. The van der Waals surface area contributed by atoms with Crippen molar-refractivity contribution < 1.29 is 4.79 Å². The molecule has 1 aromatic rings. The number of benzene rings is 1. The van der Waals surface area contributed by atoms with Crippen molar-refractivity contribution in [2.24, 2.45) is 5.73 Å². The highest BCUT2D eigenvalue weighted by Gasteiger charge is 2.35. The molecule has 1 amide bonds. The van der Waals surface area contributed by atoms with Crippen LogP contribution in [0.15, 0.2) is 24.3 Å². The van der Waals surface area contributed by atoms with Gasteiger partial charge < -0.3 is 10.6 Å². The maximum absolute atomic E-state index is 12.3. The average Bonchev–Trinajstić information content (AvgIpc) is 2.34. The van der Waals surface area contributed by atoms with E-state index in [9.17, 15) is 4.79 Å². The van der Waals surface area contributed by atoms with Gasteiger partial charge in [0, 0.05) is 25.0 Å². The SMILES string of the molecule is CCN(Cc1cccc(C)c1)C(=O)CC1(N)CCC1. The Morgan fingerprint density at radius 3 is 2.68 bits per heavy atom. The van der Waals surface area contributed by atoms with Crippen LogP contribution in [0.4, 0.5) is 0 Å². The minimum Gasteiger partial charge on any atom is -0.339 e. The average molecular weight is 260 g/mol. The van der Waals surface area contributed by atoms with E-state index in [1.165, 1.54) is 11.1 Å². The van der Waals surface area contributed by atoms with E-state index in [2.05, 4.69) is 25.1 Å². The molecule has 2 N–H and O–H groups in total. The van der Waals surface area contributed by atoms with Crippen molar-refractivity contribution in [1.29, 1.82) is 0 Å². The number of rotatable bonds is 5. The van der Waals surface area contributed by atoms with E-state index in [0.29, 0.717) is 13.0 Å². The van der Waals surface area contributed by atoms with Gasteiger partial charge in [0.25, 0.3) is 0 Å². The van der Waals surface area contributed by atoms with Crippen LogP contribution in [0.1, 0.15) is 43.7 Å². The van der Waals surface area contributed by atoms with Crippen molar-refractivity contribution in [3.63, 3.8) is 0 Å². The van der Waals surface area contributed by atoms with Crippen molar-refractivity contribution in [3.05, 3.63) is 35.4 Å². The molecule has 0 saturated heterocycles. The summed E-state index contributed by atoms with van der Waals surface area (Å²) in [7, 11) is 0. The number of hydrogen-bond donors (Lipinski definition) is 1. The van der Waals surface area contributed by atoms with Gasteiger partial charge >= 0.3 is 0 Å². The van der Waals surface area contributed by atoms with E-state index in [0.717, 1.165) is 25.8 Å². The second-order valence-corrected chi connectivity index (χ2v) is 5.79. The lowest BCUT2D eigenvalue weighted by molar-refractivity contribution is -0.133. The van der Waals surface area contributed by atoms with Crippen LogP contribution in [0.2, 0.25) is 0 Å². The van der Waals surface area contributed by atoms with Crippen LogP contribution in [0.3, 0.4) is 0 Å². The summed E-state index contributed by atoms with van der Waals surface area (Å²) in [5.74, 6) is 0.186. The van der Waals surface area contributed by atoms with Crippen LogP contribution in [0, 0.1) is 6.92 Å². The lowest BCUT2D eigenvalue weighted by atomic mass is 9.75. The second-order valence-electron chi connectivity index (χ2n) is 5.79. The molecule has 3 nitrogen and oxygen atoms in total. The Morgan fingerprint density at radius 2 is 2.16 bits per heavy atom. The summed E-state index contributed by atoms with van der Waals surface area (Å²) in [5.41, 5.74) is 8.36. The molecule has 1 aliphatic carbocycles. The number of amides is 1. The molecule has 0 unspecified atom stereocenters. The van der Waals surface area contributed by atoms with Crippen LogP contribution in [0.5, 0.6) is 0 Å². The zero-order chi connectivity index (χ0) is 13.9. The Bertz CT molecular complexity index is 452. The standard InChI is InChI=1S/C16H24N2O/c1-3-18(12-14-7-4-6-13(2)10-14)15(19)11-16(17)8-5-9-16/h4,6-7,10H,3,5,8-9,11-12,17H2,1-2H3. The summed E-state index contributed by atoms with van der Waals surface area (Å²) < 4.78 is 0. The minimum absolute atomic E-state index is 0.186. The van der Waals surface area contributed by atoms with Crippen LogP contribution in [0.25, 0.3) is 0 Å². The molecule has 3 heteroatoms. The quantitative estimate of drug-likeness (QED) is 0.884. The Hall–Kier alpha value is -1.35. The molecule has 0 spiro atoms. The second kappa shape index (κ2) is 5.74. The third-order valence-electron chi connectivity index (χ3n) is 4.04. The zero-order valence-electron chi connectivity index (χ0n) is 12.0. The molecule has 0 radical (unpaired) electrons. The van der Waals surface area contributed by atoms with Gasteiger partial charge in [0.05, 0.1) is 0 Å². The molecule has 0 aliphatic heterocycles. The fraction of sp³-hybridized carbons (Fsp3) is 0.562. The molecule has 0 atom stereocenters. The van der Waals surface area contributed by atoms with Crippen LogP contribution in [-0.4, -0.2) is 22.9 Å². The van der Waals surface area contributed by atoms with E-state index < -0.39 is 0 Å². The summed E-state index contributed by atoms with van der Waals surface area (Å²) in [5, 5.41) is 0. The normalized spacial score (nSPS) is 16.8. The van der Waals surface area contributed by atoms with Crippen molar-refractivity contribution in [2.75, 3.05) is 6.54 Å². The van der Waals surface area contributed by atoms with Gasteiger partial charge in [-0.05, 0) is 38.7 Å². The Kier molecular flexibility index (Phi) is 4.25. The molecule has 1 aromatic carbocycles. The summed E-state index contributed by atoms with van der Waals surface area (Å²) in [6.45, 7) is 5.53. The molecule has 0 aromatic heterocycles. The Balaban J connectivity index is 1.97. The largest absolute Gasteiger partial charge is 0.339 e. The van der Waals surface area contributed by atoms with Gasteiger partial charge in [-0.15, -0.1) is 0 Å². The van der Waals surface area contributed by atoms with Crippen molar-refractivity contribution in [3.8, 4) is 0 Å². The first kappa shape index (κ1) is 14.1. The molecule has 0 bridgehead atoms. The van der Waals surface area contributed by atoms with Crippen molar-refractivity contribution in [2.45, 2.75) is 51.6 Å². The van der Waals surface area contributed by atoms with E-state index in [-0.39, 0.29) is 11.4 Å². The number of aryl methyl sites for hydroxylation is 1. The van der Waals surface area contributed by atoms with Gasteiger partial charge in [-0.1, -0.05) is 29.8 Å². The maximum Gasteiger partial charge on any atom is 0.224 e. The fourth-order valence-corrected chi connectivity index (χ4v) is 2.63. The maximum atomic E-state index is 12.3. The van der Waals surface area contributed by atoms with Gasteiger partial charge in [-0.25, -0.2) is 0 Å². The van der Waals surface area contributed by atoms with Gasteiger partial charge in [0.15, 0.2) is 0 Å². The highest BCUT2D eigenvalue weighted by atomic mass is 16.2. The van der Waals surface area contributed by atoms with Gasteiger partial charge in [0.2, 0.25) is 5.91 Å². The molecule has 104 valence electrons. The molecule has 1 aliphatic rings. The summed E-state index contributed by atoms with van der Waals surface area (Å²) in [6, 6.07) is 8.33. The number of carbonyl (C=O) groups excluding carboxylic acids is 1. The number of nitrogens with two attached hydrogens (primary N) is 1. The highest BCUT2D eigenvalue weighted by Crippen LogP contribution is 2.32. The summed E-state index contributed by atoms with van der Waals surface area (Å²) in [4.78, 5) is 14.2. The first-order valence-electron chi connectivity index (χ1n) is 7.15. The molecule has 19 heavy (non-hydrogen) atoms. The molecule has 1 fully saturated rings. The van der Waals surface area contributed by atoms with Gasteiger partial charge in [-0.2, -0.15) is 0 Å². The summed E-state index contributed by atoms with van der Waals surface area (Å²) in [6.07, 6.45) is 3.63. The monoisotopic (exact) mass is 260 g/mol. The molecule has 0 heterocycles. The van der Waals surface area contributed by atoms with E-state index >= 15 is 0 Å². The number of carbonyl (C=O) groups is 1. The van der Waals surface area contributed by atoms with Crippen LogP contribution < -0.4 is 5.73 Å². The third-order valence-corrected chi connectivity index (χ3v) is 4.04. The number of hydrogen-bond acceptors (Lipinski definition) is 2. The van der Waals surface area contributed by atoms with E-state index in [4.69, 9.17) is 5.73 Å².